The first kappa shape index (κ1) is 26.0. The maximum absolute atomic E-state index is 12.0. The minimum absolute atomic E-state index is 0.0820. The summed E-state index contributed by atoms with van der Waals surface area (Å²) in [6.45, 7) is 10.0. The standard InChI is InChI=1S/C30H38ClNO3S/c1-18-15-26-24(10-5-20(3)30(26,34)16-27(18)35-21(4)33)19(2)17-32-13-11-28-25(12-14-36-28)29(32)22-6-8-23(31)9-7-22/h6-9,12,14-15,19-20,24,26-27,29,34H,5,10-11,13,16-17H2,1-4H3/t19?,20-,24+,26-,27-,29?,30-/m1/s1. The van der Waals surface area contributed by atoms with E-state index in [1.54, 1.807) is 0 Å². The molecule has 4 nitrogen and oxygen atoms in total. The number of aliphatic hydroxyl groups is 1. The number of ether oxygens (including phenoxy) is 1. The van der Waals surface area contributed by atoms with Gasteiger partial charge in [-0.05, 0) is 84.2 Å². The summed E-state index contributed by atoms with van der Waals surface area (Å²) >= 11 is 8.09. The van der Waals surface area contributed by atoms with E-state index >= 15 is 0 Å². The summed E-state index contributed by atoms with van der Waals surface area (Å²) in [5.41, 5.74) is 2.95. The van der Waals surface area contributed by atoms with Crippen molar-refractivity contribution in [1.82, 2.24) is 4.90 Å². The van der Waals surface area contributed by atoms with Crippen LogP contribution in [0.4, 0.5) is 0 Å². The fraction of sp³-hybridized carbons (Fsp3) is 0.567. The van der Waals surface area contributed by atoms with Crippen LogP contribution in [0.3, 0.4) is 0 Å². The number of halogens is 1. The Morgan fingerprint density at radius 1 is 1.28 bits per heavy atom. The highest BCUT2D eigenvalue weighted by Gasteiger charge is 2.53. The Bertz CT molecular complexity index is 1130. The van der Waals surface area contributed by atoms with Crippen molar-refractivity contribution in [3.05, 3.63) is 68.4 Å². The first-order valence-electron chi connectivity index (χ1n) is 13.3. The highest BCUT2D eigenvalue weighted by molar-refractivity contribution is 7.10. The van der Waals surface area contributed by atoms with Gasteiger partial charge in [-0.1, -0.05) is 43.7 Å². The summed E-state index contributed by atoms with van der Waals surface area (Å²) in [6.07, 6.45) is 5.60. The predicted molar refractivity (Wildman–Crippen MR) is 146 cm³/mol. The van der Waals surface area contributed by atoms with Gasteiger partial charge in [0.25, 0.3) is 0 Å². The molecule has 1 aromatic carbocycles. The van der Waals surface area contributed by atoms with E-state index in [4.69, 9.17) is 16.3 Å². The Morgan fingerprint density at radius 2 is 2.03 bits per heavy atom. The van der Waals surface area contributed by atoms with Gasteiger partial charge in [-0.3, -0.25) is 9.69 Å². The lowest BCUT2D eigenvalue weighted by molar-refractivity contribution is -0.159. The smallest absolute Gasteiger partial charge is 0.303 e. The van der Waals surface area contributed by atoms with Crippen molar-refractivity contribution >= 4 is 28.9 Å². The van der Waals surface area contributed by atoms with E-state index in [-0.39, 0.29) is 30.0 Å². The average Bonchev–Trinajstić information content (AvgIpc) is 3.30. The van der Waals surface area contributed by atoms with Crippen LogP contribution in [-0.4, -0.2) is 40.8 Å². The van der Waals surface area contributed by atoms with Crippen LogP contribution in [0.2, 0.25) is 5.02 Å². The van der Waals surface area contributed by atoms with Crippen molar-refractivity contribution in [3.63, 3.8) is 0 Å². The third-order valence-electron chi connectivity index (χ3n) is 9.10. The maximum Gasteiger partial charge on any atom is 0.303 e. The Labute approximate surface area is 224 Å². The Morgan fingerprint density at radius 3 is 2.75 bits per heavy atom. The molecule has 194 valence electrons. The van der Waals surface area contributed by atoms with Crippen molar-refractivity contribution in [2.45, 2.75) is 71.1 Å². The number of thiophene rings is 1. The van der Waals surface area contributed by atoms with E-state index in [2.05, 4.69) is 48.4 Å². The Kier molecular flexibility index (Phi) is 7.39. The minimum Gasteiger partial charge on any atom is -0.458 e. The van der Waals surface area contributed by atoms with Gasteiger partial charge in [-0.2, -0.15) is 0 Å². The van der Waals surface area contributed by atoms with Crippen LogP contribution in [0.1, 0.15) is 69.0 Å². The van der Waals surface area contributed by atoms with E-state index in [0.29, 0.717) is 18.3 Å². The molecule has 2 aliphatic carbocycles. The van der Waals surface area contributed by atoms with Crippen LogP contribution in [0.15, 0.2) is 47.4 Å². The molecule has 0 radical (unpaired) electrons. The molecular weight excluding hydrogens is 490 g/mol. The van der Waals surface area contributed by atoms with Crippen molar-refractivity contribution < 1.29 is 14.6 Å². The average molecular weight is 528 g/mol. The molecule has 1 aromatic heterocycles. The number of carbonyl (C=O) groups excluding carboxylic acids is 1. The molecule has 2 aromatic rings. The zero-order chi connectivity index (χ0) is 25.6. The van der Waals surface area contributed by atoms with Crippen molar-refractivity contribution in [3.8, 4) is 0 Å². The highest BCUT2D eigenvalue weighted by Crippen LogP contribution is 2.51. The number of carbonyl (C=O) groups is 1. The second-order valence-electron chi connectivity index (χ2n) is 11.3. The van der Waals surface area contributed by atoms with Crippen LogP contribution in [0, 0.1) is 23.7 Å². The molecule has 2 unspecified atom stereocenters. The normalized spacial score (nSPS) is 33.3. The van der Waals surface area contributed by atoms with Gasteiger partial charge in [0.15, 0.2) is 0 Å². The lowest BCUT2D eigenvalue weighted by Crippen LogP contribution is -2.56. The molecular formula is C30H38ClNO3S. The molecule has 6 heteroatoms. The number of esters is 1. The van der Waals surface area contributed by atoms with E-state index in [1.807, 2.05) is 30.4 Å². The molecule has 7 atom stereocenters. The van der Waals surface area contributed by atoms with Crippen LogP contribution in [0.25, 0.3) is 0 Å². The van der Waals surface area contributed by atoms with E-state index in [9.17, 15) is 9.90 Å². The molecule has 3 aliphatic rings. The molecule has 0 bridgehead atoms. The summed E-state index contributed by atoms with van der Waals surface area (Å²) in [7, 11) is 0. The van der Waals surface area contributed by atoms with Crippen LogP contribution in [0.5, 0.6) is 0 Å². The van der Waals surface area contributed by atoms with Gasteiger partial charge >= 0.3 is 5.97 Å². The number of hydrogen-bond acceptors (Lipinski definition) is 5. The second-order valence-corrected chi connectivity index (χ2v) is 12.8. The van der Waals surface area contributed by atoms with Crippen LogP contribution in [-0.2, 0) is 16.0 Å². The number of nitrogens with zero attached hydrogens (tertiary/aromatic N) is 1. The summed E-state index contributed by atoms with van der Waals surface area (Å²) in [5.74, 6) is 0.777. The van der Waals surface area contributed by atoms with Crippen molar-refractivity contribution in [2.75, 3.05) is 13.1 Å². The molecule has 2 heterocycles. The zero-order valence-electron chi connectivity index (χ0n) is 21.7. The molecule has 1 saturated carbocycles. The van der Waals surface area contributed by atoms with Crippen LogP contribution >= 0.6 is 22.9 Å². The first-order chi connectivity index (χ1) is 17.2. The monoisotopic (exact) mass is 527 g/mol. The lowest BCUT2D eigenvalue weighted by atomic mass is 9.57. The molecule has 5 rings (SSSR count). The summed E-state index contributed by atoms with van der Waals surface area (Å²) in [6, 6.07) is 10.9. The van der Waals surface area contributed by atoms with Gasteiger partial charge in [0.05, 0.1) is 11.6 Å². The van der Waals surface area contributed by atoms with E-state index in [1.165, 1.54) is 22.9 Å². The molecule has 0 spiro atoms. The van der Waals surface area contributed by atoms with Gasteiger partial charge in [-0.15, -0.1) is 11.3 Å². The minimum atomic E-state index is -0.838. The largest absolute Gasteiger partial charge is 0.458 e. The maximum atomic E-state index is 12.0. The number of rotatable bonds is 5. The third-order valence-corrected chi connectivity index (χ3v) is 10.3. The molecule has 1 aliphatic heterocycles. The van der Waals surface area contributed by atoms with Crippen LogP contribution < -0.4 is 0 Å². The predicted octanol–water partition coefficient (Wildman–Crippen LogP) is 6.66. The molecule has 1 N–H and O–H groups in total. The number of benzene rings is 1. The van der Waals surface area contributed by atoms with Crippen molar-refractivity contribution in [2.24, 2.45) is 23.7 Å². The first-order valence-corrected chi connectivity index (χ1v) is 14.6. The quantitative estimate of drug-likeness (QED) is 0.349. The highest BCUT2D eigenvalue weighted by atomic mass is 35.5. The molecule has 36 heavy (non-hydrogen) atoms. The van der Waals surface area contributed by atoms with Gasteiger partial charge in [0, 0.05) is 42.3 Å². The van der Waals surface area contributed by atoms with Gasteiger partial charge in [0.2, 0.25) is 0 Å². The van der Waals surface area contributed by atoms with Gasteiger partial charge in [0.1, 0.15) is 6.10 Å². The lowest BCUT2D eigenvalue weighted by Gasteiger charge is -2.53. The van der Waals surface area contributed by atoms with Gasteiger partial charge in [-0.25, -0.2) is 0 Å². The van der Waals surface area contributed by atoms with E-state index < -0.39 is 5.60 Å². The molecule has 1 fully saturated rings. The molecule has 0 amide bonds. The number of hydrogen-bond donors (Lipinski definition) is 1. The van der Waals surface area contributed by atoms with Gasteiger partial charge < -0.3 is 9.84 Å². The van der Waals surface area contributed by atoms with E-state index in [0.717, 1.165) is 42.9 Å². The SMILES string of the molecule is CC(=O)O[C@@H]1C[C@@]2(O)[C@H](C)CC[C@@H](C(C)CN3CCc4sccc4C3c3ccc(Cl)cc3)[C@H]2C=C1C. The second kappa shape index (κ2) is 10.2. The Balaban J connectivity index is 1.41. The fourth-order valence-electron chi connectivity index (χ4n) is 7.10. The van der Waals surface area contributed by atoms with Crippen molar-refractivity contribution in [1.29, 1.82) is 0 Å². The Hall–Kier alpha value is -1.66. The molecule has 0 saturated heterocycles. The zero-order valence-corrected chi connectivity index (χ0v) is 23.3. The summed E-state index contributed by atoms with van der Waals surface area (Å²) < 4.78 is 5.60. The fourth-order valence-corrected chi connectivity index (χ4v) is 8.13. The third kappa shape index (κ3) is 4.80. The topological polar surface area (TPSA) is 49.8 Å². The number of fused-ring (bicyclic) bond motifs is 2. The summed E-state index contributed by atoms with van der Waals surface area (Å²) in [5, 5.41) is 15.0. The summed E-state index contributed by atoms with van der Waals surface area (Å²) in [4.78, 5) is 15.8.